The molecule has 0 unspecified atom stereocenters. The summed E-state index contributed by atoms with van der Waals surface area (Å²) in [6, 6.07) is 0.634. The second-order valence-electron chi connectivity index (χ2n) is 4.61. The summed E-state index contributed by atoms with van der Waals surface area (Å²) >= 11 is 0. The normalized spacial score (nSPS) is 7.32. The van der Waals surface area contributed by atoms with E-state index < -0.39 is 0 Å². The van der Waals surface area contributed by atoms with Crippen molar-refractivity contribution in [3.05, 3.63) is 37.7 Å². The second kappa shape index (κ2) is 60.0. The average molecular weight is 318 g/mol. The molecule has 4 N–H and O–H groups in total. The third-order valence-corrected chi connectivity index (χ3v) is 0.911. The lowest BCUT2D eigenvalue weighted by Gasteiger charge is -1.95. The highest BCUT2D eigenvalue weighted by Gasteiger charge is 1.76. The first-order valence-electron chi connectivity index (χ1n) is 8.10. The van der Waals surface area contributed by atoms with E-state index in [4.69, 9.17) is 0 Å². The molecule has 0 aromatic carbocycles. The highest BCUT2D eigenvalue weighted by atomic mass is 14.8. The van der Waals surface area contributed by atoms with Gasteiger partial charge in [-0.25, -0.2) is 0 Å². The van der Waals surface area contributed by atoms with Crippen LogP contribution in [0.1, 0.15) is 62.3 Å². The molecule has 0 heterocycles. The van der Waals surface area contributed by atoms with Crippen molar-refractivity contribution in [1.29, 1.82) is 0 Å². The summed E-state index contributed by atoms with van der Waals surface area (Å²) in [5.74, 6) is 0.833. The predicted molar refractivity (Wildman–Crippen MR) is 110 cm³/mol. The smallest absolute Gasteiger partial charge is 0.00276 e. The zero-order valence-corrected chi connectivity index (χ0v) is 17.5. The second-order valence-corrected chi connectivity index (χ2v) is 4.61. The van der Waals surface area contributed by atoms with Gasteiger partial charge in [0.25, 0.3) is 0 Å². The van der Waals surface area contributed by atoms with Crippen LogP contribution in [0.5, 0.6) is 0 Å². The minimum absolute atomic E-state index is 0.634. The van der Waals surface area contributed by atoms with Gasteiger partial charge in [0, 0.05) is 13.1 Å². The number of nitrogens with one attached hydrogen (secondary N) is 2. The average Bonchev–Trinajstić information content (AvgIpc) is 2.43. The minimum atomic E-state index is 0.634. The van der Waals surface area contributed by atoms with E-state index in [1.165, 1.54) is 6.20 Å². The number of nitrogens with two attached hydrogens (primary N) is 1. The minimum Gasteiger partial charge on any atom is -0.405 e. The Kier molecular flexibility index (Phi) is 102. The first-order valence-corrected chi connectivity index (χ1v) is 8.10. The molecular weight excluding hydrogens is 270 g/mol. The number of allylic oxidation sites excluding steroid dienone is 2. The third kappa shape index (κ3) is 768. The number of hydrogen-bond donors (Lipinski definition) is 3. The lowest BCUT2D eigenvalue weighted by atomic mass is 10.3. The Hall–Kier alpha value is -1.22. The van der Waals surface area contributed by atoms with E-state index >= 15 is 0 Å². The van der Waals surface area contributed by atoms with Crippen LogP contribution >= 0.6 is 0 Å². The highest BCUT2D eigenvalue weighted by Crippen LogP contribution is 1.81. The Morgan fingerprint density at radius 3 is 1.09 bits per heavy atom. The van der Waals surface area contributed by atoms with E-state index in [-0.39, 0.29) is 0 Å². The predicted octanol–water partition coefficient (Wildman–Crippen LogP) is 5.32. The molecule has 0 saturated carbocycles. The molecule has 0 aliphatic rings. The Labute approximate surface area is 143 Å². The van der Waals surface area contributed by atoms with Crippen LogP contribution in [0.2, 0.25) is 0 Å². The van der Waals surface area contributed by atoms with Gasteiger partial charge in [-0.15, -0.1) is 6.58 Å². The summed E-state index contributed by atoms with van der Waals surface area (Å²) in [6.45, 7) is 25.1. The Morgan fingerprint density at radius 2 is 1.09 bits per heavy atom. The highest BCUT2D eigenvalue weighted by molar-refractivity contribution is 4.70. The van der Waals surface area contributed by atoms with Crippen LogP contribution in [0.15, 0.2) is 37.7 Å². The van der Waals surface area contributed by atoms with Crippen LogP contribution in [0.3, 0.4) is 0 Å². The van der Waals surface area contributed by atoms with Crippen LogP contribution in [0, 0.1) is 5.92 Å². The molecular formula is C19H47N3. The van der Waals surface area contributed by atoms with E-state index in [1.54, 1.807) is 6.08 Å². The Balaban J connectivity index is -0.0000000359. The maximum Gasteiger partial charge on any atom is 0.00276 e. The fraction of sp³-hybridized carbons (Fsp3) is 0.684. The molecule has 22 heavy (non-hydrogen) atoms. The molecule has 0 atom stereocenters. The first kappa shape index (κ1) is 37.2. The van der Waals surface area contributed by atoms with Gasteiger partial charge in [0.1, 0.15) is 0 Å². The molecule has 0 aromatic rings. The molecule has 0 amide bonds. The van der Waals surface area contributed by atoms with Crippen molar-refractivity contribution in [2.45, 2.75) is 68.4 Å². The van der Waals surface area contributed by atoms with Crippen molar-refractivity contribution in [2.24, 2.45) is 11.7 Å². The van der Waals surface area contributed by atoms with Gasteiger partial charge in [-0.2, -0.15) is 0 Å². The molecule has 0 spiro atoms. The standard InChI is InChI=1S/C4H11N.C4H9N.C4H10.C3H6.C2H5N.C2H6/c1-4(2)5-3;1-3-4-5-2;1-4(2)3;1-3-2;1-2-3;1-2/h4-5H,1-3H3;3-5H,1-2H3;4H,1-3H3;3H,1H2,2H3;2H,1,3H2;1-2H3/b;4-3+;;;;. The Bertz CT molecular complexity index is 153. The molecule has 0 bridgehead atoms. The van der Waals surface area contributed by atoms with E-state index in [9.17, 15) is 0 Å². The molecule has 3 nitrogen and oxygen atoms in total. The zero-order valence-electron chi connectivity index (χ0n) is 17.5. The number of rotatable bonds is 2. The molecule has 0 aliphatic heterocycles. The van der Waals surface area contributed by atoms with Crippen molar-refractivity contribution < 1.29 is 0 Å². The van der Waals surface area contributed by atoms with Crippen molar-refractivity contribution in [3.8, 4) is 0 Å². The topological polar surface area (TPSA) is 50.1 Å². The van der Waals surface area contributed by atoms with E-state index in [1.807, 2.05) is 54.1 Å². The van der Waals surface area contributed by atoms with Gasteiger partial charge in [0.15, 0.2) is 0 Å². The van der Waals surface area contributed by atoms with Gasteiger partial charge in [0.2, 0.25) is 0 Å². The van der Waals surface area contributed by atoms with Gasteiger partial charge in [-0.05, 0) is 39.2 Å². The number of hydrogen-bond acceptors (Lipinski definition) is 3. The van der Waals surface area contributed by atoms with E-state index in [0.29, 0.717) is 6.04 Å². The van der Waals surface area contributed by atoms with Crippen molar-refractivity contribution in [3.63, 3.8) is 0 Å². The molecule has 0 fully saturated rings. The molecule has 138 valence electrons. The molecule has 0 aliphatic carbocycles. The van der Waals surface area contributed by atoms with E-state index in [0.717, 1.165) is 5.92 Å². The maximum absolute atomic E-state index is 4.61. The largest absolute Gasteiger partial charge is 0.405 e. The molecule has 0 aromatic heterocycles. The van der Waals surface area contributed by atoms with Gasteiger partial charge < -0.3 is 16.4 Å². The van der Waals surface area contributed by atoms with Crippen LogP contribution in [0.25, 0.3) is 0 Å². The third-order valence-electron chi connectivity index (χ3n) is 0.911. The van der Waals surface area contributed by atoms with Gasteiger partial charge >= 0.3 is 0 Å². The van der Waals surface area contributed by atoms with Crippen LogP contribution in [0.4, 0.5) is 0 Å². The van der Waals surface area contributed by atoms with E-state index in [2.05, 4.69) is 64.1 Å². The molecule has 0 saturated heterocycles. The lowest BCUT2D eigenvalue weighted by Crippen LogP contribution is -2.15. The van der Waals surface area contributed by atoms with Gasteiger partial charge in [-0.3, -0.25) is 0 Å². The fourth-order valence-corrected chi connectivity index (χ4v) is 0.167. The monoisotopic (exact) mass is 317 g/mol. The Morgan fingerprint density at radius 1 is 0.909 bits per heavy atom. The SMILES string of the molecule is C/C=C/NC.C=CC.C=CN.CC.CC(C)C.CNC(C)C. The summed E-state index contributed by atoms with van der Waals surface area (Å²) in [5, 5.41) is 5.86. The summed E-state index contributed by atoms with van der Waals surface area (Å²) in [5.41, 5.74) is 4.61. The van der Waals surface area contributed by atoms with Gasteiger partial charge in [0.05, 0.1) is 0 Å². The molecule has 0 rings (SSSR count). The molecule has 3 heteroatoms. The summed E-state index contributed by atoms with van der Waals surface area (Å²) < 4.78 is 0. The fourth-order valence-electron chi connectivity index (χ4n) is 0.167. The van der Waals surface area contributed by atoms with Crippen molar-refractivity contribution >= 4 is 0 Å². The summed E-state index contributed by atoms with van der Waals surface area (Å²) in [4.78, 5) is 0. The van der Waals surface area contributed by atoms with Crippen LogP contribution < -0.4 is 16.4 Å². The lowest BCUT2D eigenvalue weighted by molar-refractivity contribution is 0.668. The van der Waals surface area contributed by atoms with Crippen molar-refractivity contribution in [2.75, 3.05) is 14.1 Å². The summed E-state index contributed by atoms with van der Waals surface area (Å²) in [6.07, 6.45) is 6.82. The van der Waals surface area contributed by atoms with Crippen LogP contribution in [-0.4, -0.2) is 20.1 Å². The summed E-state index contributed by atoms with van der Waals surface area (Å²) in [7, 11) is 3.82. The van der Waals surface area contributed by atoms with Crippen molar-refractivity contribution in [1.82, 2.24) is 10.6 Å². The van der Waals surface area contributed by atoms with Crippen LogP contribution in [-0.2, 0) is 0 Å². The van der Waals surface area contributed by atoms with Gasteiger partial charge in [-0.1, -0.05) is 67.2 Å². The maximum atomic E-state index is 4.61. The zero-order chi connectivity index (χ0) is 19.4. The quantitative estimate of drug-likeness (QED) is 0.604. The first-order chi connectivity index (χ1) is 10.2. The molecule has 0 radical (unpaired) electrons.